The molecule has 12 heavy (non-hydrogen) atoms. The minimum Gasteiger partial charge on any atom is -0.152 e. The Bertz CT molecular complexity index is 428. The maximum atomic E-state index is 5.60. The van der Waals surface area contributed by atoms with E-state index in [1.54, 1.807) is 11.3 Å². The zero-order valence-corrected chi connectivity index (χ0v) is 7.90. The second-order valence-electron chi connectivity index (χ2n) is 2.49. The number of hydrogen-bond acceptors (Lipinski definition) is 1. The van der Waals surface area contributed by atoms with Crippen molar-refractivity contribution in [3.63, 3.8) is 0 Å². The van der Waals surface area contributed by atoms with Crippen LogP contribution in [0.5, 0.6) is 0 Å². The number of halogens is 1. The fraction of sp³-hybridized carbons (Fsp3) is 0. The second-order valence-corrected chi connectivity index (χ2v) is 3.71. The molecule has 2 aliphatic rings. The van der Waals surface area contributed by atoms with Gasteiger partial charge in [-0.15, -0.1) is 0 Å². The van der Waals surface area contributed by atoms with E-state index < -0.39 is 0 Å². The highest BCUT2D eigenvalue weighted by atomic mass is 35.5. The van der Waals surface area contributed by atoms with Gasteiger partial charge in [0, 0.05) is 10.2 Å². The van der Waals surface area contributed by atoms with Gasteiger partial charge in [-0.05, 0) is 22.0 Å². The standard InChI is InChI=1S/C6H3Cl.C4H4S/c7-6-3-4-1-2-5(4)6;1-2-4-5-3-1/h1-3H;1-4H. The Balaban J connectivity index is 0.000000100. The Labute approximate surface area is 79.7 Å². The van der Waals surface area contributed by atoms with Crippen LogP contribution in [0.2, 0.25) is 5.02 Å². The summed E-state index contributed by atoms with van der Waals surface area (Å²) in [5.41, 5.74) is 0. The van der Waals surface area contributed by atoms with E-state index in [2.05, 4.69) is 6.07 Å². The molecule has 2 heteroatoms. The summed E-state index contributed by atoms with van der Waals surface area (Å²) < 4.78 is 0. The van der Waals surface area contributed by atoms with Crippen molar-refractivity contribution in [3.8, 4) is 0 Å². The summed E-state index contributed by atoms with van der Waals surface area (Å²) in [4.78, 5) is 0. The van der Waals surface area contributed by atoms with Crippen molar-refractivity contribution in [1.82, 2.24) is 0 Å². The summed E-state index contributed by atoms with van der Waals surface area (Å²) in [6.07, 6.45) is 0. The first-order valence-corrected chi connectivity index (χ1v) is 4.97. The van der Waals surface area contributed by atoms with E-state index in [4.69, 9.17) is 11.6 Å². The molecule has 3 rings (SSSR count). The van der Waals surface area contributed by atoms with Crippen LogP contribution in [0.4, 0.5) is 0 Å². The molecule has 60 valence electrons. The van der Waals surface area contributed by atoms with Crippen molar-refractivity contribution in [3.05, 3.63) is 56.6 Å². The van der Waals surface area contributed by atoms with Gasteiger partial charge < -0.3 is 0 Å². The minimum atomic E-state index is 0.914. The predicted octanol–water partition coefficient (Wildman–Crippen LogP) is 3.69. The maximum absolute atomic E-state index is 5.60. The van der Waals surface area contributed by atoms with Gasteiger partial charge in [-0.1, -0.05) is 35.9 Å². The van der Waals surface area contributed by atoms with Crippen LogP contribution in [0, 0.1) is 10.4 Å². The summed E-state index contributed by atoms with van der Waals surface area (Å²) in [5, 5.41) is 7.55. The second kappa shape index (κ2) is 3.30. The molecule has 0 spiro atoms. The van der Waals surface area contributed by atoms with Crippen molar-refractivity contribution < 1.29 is 0 Å². The van der Waals surface area contributed by atoms with E-state index in [-0.39, 0.29) is 0 Å². The van der Waals surface area contributed by atoms with Gasteiger partial charge in [-0.25, -0.2) is 0 Å². The first kappa shape index (κ1) is 7.84. The van der Waals surface area contributed by atoms with Crippen LogP contribution in [0.3, 0.4) is 0 Å². The van der Waals surface area contributed by atoms with Crippen LogP contribution in [-0.2, 0) is 0 Å². The summed E-state index contributed by atoms with van der Waals surface area (Å²) in [6, 6.07) is 10.1. The molecule has 0 saturated carbocycles. The topological polar surface area (TPSA) is 0 Å². The summed E-state index contributed by atoms with van der Waals surface area (Å²) in [5.74, 6) is 0. The van der Waals surface area contributed by atoms with E-state index in [1.165, 1.54) is 10.4 Å². The molecule has 0 atom stereocenters. The van der Waals surface area contributed by atoms with E-state index >= 15 is 0 Å². The van der Waals surface area contributed by atoms with Crippen LogP contribution in [-0.4, -0.2) is 0 Å². The molecule has 0 radical (unpaired) electrons. The third-order valence-electron chi connectivity index (χ3n) is 1.71. The van der Waals surface area contributed by atoms with E-state index in [1.807, 2.05) is 35.0 Å². The maximum Gasteiger partial charge on any atom is 0.0490 e. The highest BCUT2D eigenvalue weighted by Gasteiger charge is 1.99. The first-order valence-electron chi connectivity index (χ1n) is 3.65. The molecule has 0 N–H and O–H groups in total. The van der Waals surface area contributed by atoms with Gasteiger partial charge in [0.15, 0.2) is 0 Å². The van der Waals surface area contributed by atoms with Gasteiger partial charge in [0.05, 0.1) is 0 Å². The smallest absolute Gasteiger partial charge is 0.0490 e. The van der Waals surface area contributed by atoms with Crippen molar-refractivity contribution >= 4 is 22.9 Å². The monoisotopic (exact) mass is 194 g/mol. The summed E-state index contributed by atoms with van der Waals surface area (Å²) in [7, 11) is 0. The lowest BCUT2D eigenvalue weighted by Gasteiger charge is -2.01. The van der Waals surface area contributed by atoms with Crippen LogP contribution < -0.4 is 0 Å². The lowest BCUT2D eigenvalue weighted by Crippen LogP contribution is -1.84. The van der Waals surface area contributed by atoms with Crippen molar-refractivity contribution in [1.29, 1.82) is 0 Å². The molecule has 2 aliphatic carbocycles. The summed E-state index contributed by atoms with van der Waals surface area (Å²) >= 11 is 7.31. The predicted molar refractivity (Wildman–Crippen MR) is 53.4 cm³/mol. The molecule has 0 aromatic carbocycles. The fourth-order valence-electron chi connectivity index (χ4n) is 0.970. The lowest BCUT2D eigenvalue weighted by molar-refractivity contribution is 1.38. The average Bonchev–Trinajstić information content (AvgIpc) is 2.56. The Kier molecular flexibility index (Phi) is 2.15. The third-order valence-corrected chi connectivity index (χ3v) is 2.65. The molecular weight excluding hydrogens is 188 g/mol. The van der Waals surface area contributed by atoms with Gasteiger partial charge >= 0.3 is 0 Å². The highest BCUT2D eigenvalue weighted by Crippen LogP contribution is 2.20. The molecule has 0 aliphatic heterocycles. The quantitative estimate of drug-likeness (QED) is 0.512. The molecule has 0 unspecified atom stereocenters. The Morgan fingerprint density at radius 2 is 1.83 bits per heavy atom. The highest BCUT2D eigenvalue weighted by molar-refractivity contribution is 7.07. The molecule has 0 nitrogen and oxygen atoms in total. The third kappa shape index (κ3) is 1.38. The van der Waals surface area contributed by atoms with Crippen LogP contribution in [0.25, 0.3) is 0 Å². The molecule has 1 heterocycles. The molecule has 1 aromatic heterocycles. The molecule has 0 bridgehead atoms. The first-order chi connectivity index (χ1) is 5.88. The molecular formula is C10H7ClS. The number of hydrogen-bond donors (Lipinski definition) is 0. The van der Waals surface area contributed by atoms with Gasteiger partial charge in [0.2, 0.25) is 0 Å². The molecule has 0 amide bonds. The normalized spacial score (nSPS) is 10.1. The Morgan fingerprint density at radius 1 is 1.08 bits per heavy atom. The zero-order valence-electron chi connectivity index (χ0n) is 6.33. The SMILES string of the molecule is Clc1cc2ccc1=2.c1ccsc1. The van der Waals surface area contributed by atoms with Crippen LogP contribution >= 0.6 is 22.9 Å². The van der Waals surface area contributed by atoms with E-state index in [0.29, 0.717) is 0 Å². The summed E-state index contributed by atoms with van der Waals surface area (Å²) in [6.45, 7) is 0. The van der Waals surface area contributed by atoms with Gasteiger partial charge in [-0.2, -0.15) is 11.3 Å². The molecule has 0 fully saturated rings. The minimum absolute atomic E-state index is 0.914. The average molecular weight is 195 g/mol. The van der Waals surface area contributed by atoms with E-state index in [0.717, 1.165) is 5.02 Å². The van der Waals surface area contributed by atoms with Gasteiger partial charge in [-0.3, -0.25) is 0 Å². The fourth-order valence-corrected chi connectivity index (χ4v) is 1.71. The Hall–Kier alpha value is -0.790. The van der Waals surface area contributed by atoms with Crippen molar-refractivity contribution in [2.24, 2.45) is 0 Å². The lowest BCUT2D eigenvalue weighted by atomic mass is 10.1. The van der Waals surface area contributed by atoms with E-state index in [9.17, 15) is 0 Å². The Morgan fingerprint density at radius 3 is 1.92 bits per heavy atom. The number of rotatable bonds is 0. The molecule has 1 aromatic rings. The van der Waals surface area contributed by atoms with Crippen LogP contribution in [0.1, 0.15) is 0 Å². The number of benzene rings is 1. The van der Waals surface area contributed by atoms with Gasteiger partial charge in [0.25, 0.3) is 0 Å². The zero-order chi connectivity index (χ0) is 8.39. The van der Waals surface area contributed by atoms with Crippen LogP contribution in [0.15, 0.2) is 41.1 Å². The van der Waals surface area contributed by atoms with Gasteiger partial charge in [0.1, 0.15) is 0 Å². The largest absolute Gasteiger partial charge is 0.152 e. The van der Waals surface area contributed by atoms with Crippen molar-refractivity contribution in [2.45, 2.75) is 0 Å². The molecule has 0 saturated heterocycles. The number of thiophene rings is 1. The van der Waals surface area contributed by atoms with Crippen molar-refractivity contribution in [2.75, 3.05) is 0 Å².